The lowest BCUT2D eigenvalue weighted by molar-refractivity contribution is -0.727. The fraction of sp³-hybridized carbons (Fsp3) is 0.273. The Morgan fingerprint density at radius 1 is 0.679 bits per heavy atom. The van der Waals surface area contributed by atoms with Crippen molar-refractivity contribution in [2.24, 2.45) is 0 Å². The monoisotopic (exact) mass is 399 g/mol. The van der Waals surface area contributed by atoms with Crippen LogP contribution in [0.15, 0.2) is 78.2 Å². The third-order valence-corrected chi connectivity index (χ3v) is 5.11. The Labute approximate surface area is 167 Å². The van der Waals surface area contributed by atoms with Gasteiger partial charge in [0.15, 0.2) is 37.9 Å². The van der Waals surface area contributed by atoms with Gasteiger partial charge in [0.2, 0.25) is 0 Å². The summed E-state index contributed by atoms with van der Waals surface area (Å²) < 4.78 is 35.6. The van der Waals surface area contributed by atoms with E-state index in [4.69, 9.17) is 0 Å². The summed E-state index contributed by atoms with van der Waals surface area (Å²) in [5.41, 5.74) is 3.56. The van der Waals surface area contributed by atoms with Crippen molar-refractivity contribution in [3.63, 3.8) is 0 Å². The molecule has 0 N–H and O–H groups in total. The predicted molar refractivity (Wildman–Crippen MR) is 107 cm³/mol. The molecule has 0 saturated carbocycles. The lowest BCUT2D eigenvalue weighted by Crippen LogP contribution is -2.38. The minimum Gasteiger partial charge on any atom is -0.744 e. The van der Waals surface area contributed by atoms with E-state index in [1.54, 1.807) is 12.1 Å². The van der Waals surface area contributed by atoms with Gasteiger partial charge in [-0.1, -0.05) is 17.7 Å². The average Bonchev–Trinajstić information content (AvgIpc) is 2.65. The van der Waals surface area contributed by atoms with Crippen LogP contribution in [-0.2, 0) is 23.2 Å². The Hall–Kier alpha value is -2.57. The van der Waals surface area contributed by atoms with Gasteiger partial charge >= 0.3 is 0 Å². The van der Waals surface area contributed by atoms with E-state index in [9.17, 15) is 13.0 Å². The van der Waals surface area contributed by atoms with Gasteiger partial charge < -0.3 is 4.55 Å². The molecule has 28 heavy (non-hydrogen) atoms. The number of aromatic nitrogens is 2. The van der Waals surface area contributed by atoms with E-state index in [0.717, 1.165) is 25.1 Å². The van der Waals surface area contributed by atoms with Crippen LogP contribution in [0.4, 0.5) is 0 Å². The smallest absolute Gasteiger partial charge is 0.169 e. The first-order chi connectivity index (χ1) is 13.2. The predicted octanol–water partition coefficient (Wildman–Crippen LogP) is 2.87. The molecule has 1 aromatic carbocycles. The highest BCUT2D eigenvalue weighted by Gasteiger charge is 2.03. The summed E-state index contributed by atoms with van der Waals surface area (Å²) in [5, 5.41) is 0. The minimum absolute atomic E-state index is 0.178. The van der Waals surface area contributed by atoms with Crippen molar-refractivity contribution in [2.75, 3.05) is 0 Å². The van der Waals surface area contributed by atoms with E-state index in [1.807, 2.05) is 6.92 Å². The average molecular weight is 400 g/mol. The summed E-state index contributed by atoms with van der Waals surface area (Å²) in [5.74, 6) is 0. The molecule has 0 aliphatic rings. The van der Waals surface area contributed by atoms with Crippen molar-refractivity contribution in [1.82, 2.24) is 0 Å². The SMILES string of the molecule is Cc1cc[n+](CCC[n+]2ccc(C)cc2)cc1.Cc1ccc(S(=O)(=O)[O-])cc1. The van der Waals surface area contributed by atoms with Crippen LogP contribution in [0.25, 0.3) is 0 Å². The molecule has 3 aromatic rings. The van der Waals surface area contributed by atoms with Crippen molar-refractivity contribution in [2.45, 2.75) is 45.2 Å². The van der Waals surface area contributed by atoms with Crippen LogP contribution < -0.4 is 9.13 Å². The minimum atomic E-state index is -4.27. The summed E-state index contributed by atoms with van der Waals surface area (Å²) >= 11 is 0. The lowest BCUT2D eigenvalue weighted by atomic mass is 10.2. The zero-order valence-electron chi connectivity index (χ0n) is 16.6. The first-order valence-corrected chi connectivity index (χ1v) is 10.6. The van der Waals surface area contributed by atoms with Crippen molar-refractivity contribution in [1.29, 1.82) is 0 Å². The second kappa shape index (κ2) is 10.1. The lowest BCUT2D eigenvalue weighted by Gasteiger charge is -2.05. The molecule has 0 bridgehead atoms. The van der Waals surface area contributed by atoms with Gasteiger partial charge in [-0.05, 0) is 44.0 Å². The molecule has 0 fully saturated rings. The fourth-order valence-corrected chi connectivity index (χ4v) is 2.97. The van der Waals surface area contributed by atoms with Crippen molar-refractivity contribution >= 4 is 10.1 Å². The molecule has 2 aromatic heterocycles. The maximum atomic E-state index is 10.4. The molecule has 0 saturated heterocycles. The number of hydrogen-bond donors (Lipinski definition) is 0. The van der Waals surface area contributed by atoms with Crippen LogP contribution in [-0.4, -0.2) is 13.0 Å². The van der Waals surface area contributed by atoms with Gasteiger partial charge in [-0.3, -0.25) is 0 Å². The summed E-state index contributed by atoms with van der Waals surface area (Å²) in [6.07, 6.45) is 9.75. The van der Waals surface area contributed by atoms with Crippen LogP contribution >= 0.6 is 0 Å². The zero-order valence-corrected chi connectivity index (χ0v) is 17.4. The standard InChI is InChI=1S/C15H20N2.C7H8O3S/c1-14-4-10-16(11-5-14)8-3-9-17-12-6-15(2)7-13-17;1-6-2-4-7(5-3-6)11(8,9)10/h4-7,10-13H,3,8-9H2,1-2H3;2-5H,1H3,(H,8,9,10)/q+2;/p-1. The molecule has 0 aliphatic heterocycles. The Kier molecular flexibility index (Phi) is 7.84. The first-order valence-electron chi connectivity index (χ1n) is 9.18. The second-order valence-corrected chi connectivity index (χ2v) is 8.23. The van der Waals surface area contributed by atoms with Crippen LogP contribution in [0.2, 0.25) is 0 Å². The number of rotatable bonds is 5. The van der Waals surface area contributed by atoms with Gasteiger partial charge in [0.1, 0.15) is 10.1 Å². The molecular formula is C22H27N2O3S+. The fourth-order valence-electron chi connectivity index (χ4n) is 2.50. The molecule has 0 radical (unpaired) electrons. The van der Waals surface area contributed by atoms with Crippen molar-refractivity contribution in [3.8, 4) is 0 Å². The van der Waals surface area contributed by atoms with Gasteiger partial charge in [-0.15, -0.1) is 0 Å². The second-order valence-electron chi connectivity index (χ2n) is 6.85. The van der Waals surface area contributed by atoms with Crippen LogP contribution in [0, 0.1) is 20.8 Å². The number of pyridine rings is 2. The van der Waals surface area contributed by atoms with Crippen molar-refractivity contribution in [3.05, 3.63) is 90.0 Å². The molecule has 148 valence electrons. The highest BCUT2D eigenvalue weighted by Crippen LogP contribution is 2.08. The maximum absolute atomic E-state index is 10.4. The van der Waals surface area contributed by atoms with Crippen molar-refractivity contribution < 1.29 is 22.1 Å². The van der Waals surface area contributed by atoms with Gasteiger partial charge in [0.25, 0.3) is 0 Å². The Morgan fingerprint density at radius 3 is 1.39 bits per heavy atom. The van der Waals surface area contributed by atoms with E-state index in [1.165, 1.54) is 23.3 Å². The molecular weight excluding hydrogens is 372 g/mol. The molecule has 6 heteroatoms. The van der Waals surface area contributed by atoms with E-state index in [2.05, 4.69) is 72.0 Å². The van der Waals surface area contributed by atoms with E-state index in [-0.39, 0.29) is 4.90 Å². The number of benzene rings is 1. The largest absolute Gasteiger partial charge is 0.744 e. The normalized spacial score (nSPS) is 10.9. The summed E-state index contributed by atoms with van der Waals surface area (Å²) in [4.78, 5) is -0.178. The third-order valence-electron chi connectivity index (χ3n) is 4.26. The highest BCUT2D eigenvalue weighted by atomic mass is 32.2. The Morgan fingerprint density at radius 2 is 1.04 bits per heavy atom. The maximum Gasteiger partial charge on any atom is 0.169 e. The summed E-state index contributed by atoms with van der Waals surface area (Å²) in [6, 6.07) is 14.4. The molecule has 0 spiro atoms. The van der Waals surface area contributed by atoms with Gasteiger partial charge in [-0.25, -0.2) is 17.6 Å². The molecule has 2 heterocycles. The Bertz CT molecular complexity index is 920. The van der Waals surface area contributed by atoms with Gasteiger partial charge in [0.05, 0.1) is 11.3 Å². The quantitative estimate of drug-likeness (QED) is 0.489. The molecule has 0 aliphatic carbocycles. The molecule has 5 nitrogen and oxygen atoms in total. The van der Waals surface area contributed by atoms with Crippen LogP contribution in [0.3, 0.4) is 0 Å². The van der Waals surface area contributed by atoms with Gasteiger partial charge in [0, 0.05) is 24.3 Å². The molecule has 0 amide bonds. The topological polar surface area (TPSA) is 65.0 Å². The zero-order chi connectivity index (χ0) is 20.6. The molecule has 0 atom stereocenters. The summed E-state index contributed by atoms with van der Waals surface area (Å²) in [7, 11) is -4.27. The summed E-state index contributed by atoms with van der Waals surface area (Å²) in [6.45, 7) is 8.20. The van der Waals surface area contributed by atoms with Crippen LogP contribution in [0.5, 0.6) is 0 Å². The number of aryl methyl sites for hydroxylation is 5. The Balaban J connectivity index is 0.000000221. The van der Waals surface area contributed by atoms with E-state index < -0.39 is 10.1 Å². The van der Waals surface area contributed by atoms with E-state index in [0.29, 0.717) is 0 Å². The first kappa shape index (κ1) is 21.7. The third kappa shape index (κ3) is 7.58. The molecule has 0 unspecified atom stereocenters. The molecule has 3 rings (SSSR count). The van der Waals surface area contributed by atoms with Gasteiger partial charge in [-0.2, -0.15) is 0 Å². The number of nitrogens with zero attached hydrogens (tertiary/aromatic N) is 2. The van der Waals surface area contributed by atoms with Crippen LogP contribution in [0.1, 0.15) is 23.1 Å². The number of hydrogen-bond acceptors (Lipinski definition) is 3. The highest BCUT2D eigenvalue weighted by molar-refractivity contribution is 7.85. The van der Waals surface area contributed by atoms with E-state index >= 15 is 0 Å².